The van der Waals surface area contributed by atoms with Crippen molar-refractivity contribution in [2.45, 2.75) is 12.8 Å². The van der Waals surface area contributed by atoms with Crippen molar-refractivity contribution < 1.29 is 19.8 Å². The number of rotatable bonds is 6. The van der Waals surface area contributed by atoms with E-state index >= 15 is 0 Å². The lowest BCUT2D eigenvalue weighted by Gasteiger charge is -2.05. The highest BCUT2D eigenvalue weighted by molar-refractivity contribution is 6.30. The third-order valence-electron chi connectivity index (χ3n) is 3.11. The average Bonchev–Trinajstić information content (AvgIpc) is 2.57. The smallest absolute Gasteiger partial charge is 0.240 e. The molecule has 25 heavy (non-hydrogen) atoms. The van der Waals surface area contributed by atoms with Crippen LogP contribution in [0, 0.1) is 0 Å². The van der Waals surface area contributed by atoms with Gasteiger partial charge < -0.3 is 15.5 Å². The Morgan fingerprint density at radius 3 is 2.40 bits per heavy atom. The van der Waals surface area contributed by atoms with E-state index < -0.39 is 5.91 Å². The van der Waals surface area contributed by atoms with Crippen LogP contribution in [0.15, 0.2) is 47.6 Å². The van der Waals surface area contributed by atoms with Gasteiger partial charge in [-0.3, -0.25) is 9.59 Å². The van der Waals surface area contributed by atoms with E-state index in [0.29, 0.717) is 16.3 Å². The predicted octanol–water partition coefficient (Wildman–Crippen LogP) is 2.62. The summed E-state index contributed by atoms with van der Waals surface area (Å²) in [4.78, 5) is 23.4. The maximum atomic E-state index is 11.8. The molecule has 0 saturated heterocycles. The Hall–Kier alpha value is -3.06. The van der Waals surface area contributed by atoms with E-state index in [0.717, 1.165) is 6.07 Å². The number of nitrogens with one attached hydrogen (secondary N) is 2. The van der Waals surface area contributed by atoms with Gasteiger partial charge in [0.15, 0.2) is 0 Å². The quantitative estimate of drug-likeness (QED) is 0.468. The fraction of sp³-hybridized carbons (Fsp3) is 0.118. The summed E-state index contributed by atoms with van der Waals surface area (Å²) in [5.41, 5.74) is 3.18. The second kappa shape index (κ2) is 8.70. The first kappa shape index (κ1) is 18.3. The highest BCUT2D eigenvalue weighted by Crippen LogP contribution is 2.20. The van der Waals surface area contributed by atoms with Crippen molar-refractivity contribution in [1.29, 1.82) is 0 Å². The highest BCUT2D eigenvalue weighted by atomic mass is 35.5. The molecule has 0 atom stereocenters. The molecule has 0 radical (unpaired) electrons. The van der Waals surface area contributed by atoms with Crippen molar-refractivity contribution >= 4 is 35.3 Å². The van der Waals surface area contributed by atoms with E-state index in [9.17, 15) is 19.8 Å². The normalized spacial score (nSPS) is 10.6. The van der Waals surface area contributed by atoms with Crippen LogP contribution in [0.25, 0.3) is 0 Å². The molecule has 0 spiro atoms. The maximum absolute atomic E-state index is 11.8. The zero-order chi connectivity index (χ0) is 18.2. The molecule has 0 fully saturated rings. The second-order valence-electron chi connectivity index (χ2n) is 5.09. The van der Waals surface area contributed by atoms with Crippen molar-refractivity contribution in [2.75, 3.05) is 5.32 Å². The Bertz CT molecular complexity index is 791. The zero-order valence-corrected chi connectivity index (χ0v) is 13.8. The second-order valence-corrected chi connectivity index (χ2v) is 5.53. The molecule has 2 aromatic rings. The Balaban J connectivity index is 1.75. The van der Waals surface area contributed by atoms with Gasteiger partial charge >= 0.3 is 0 Å². The number of hydrogen-bond acceptors (Lipinski definition) is 5. The number of aromatic hydroxyl groups is 2. The van der Waals surface area contributed by atoms with Crippen molar-refractivity contribution in [1.82, 2.24) is 5.43 Å². The minimum Gasteiger partial charge on any atom is -0.508 e. The van der Waals surface area contributed by atoms with Crippen molar-refractivity contribution in [2.24, 2.45) is 5.10 Å². The van der Waals surface area contributed by atoms with Gasteiger partial charge in [-0.15, -0.1) is 0 Å². The molecule has 2 amide bonds. The molecule has 2 aromatic carbocycles. The number of nitrogens with zero attached hydrogens (tertiary/aromatic N) is 1. The lowest BCUT2D eigenvalue weighted by atomic mass is 10.2. The van der Waals surface area contributed by atoms with Crippen LogP contribution in [-0.2, 0) is 9.59 Å². The van der Waals surface area contributed by atoms with Crippen LogP contribution in [0.5, 0.6) is 11.5 Å². The Morgan fingerprint density at radius 1 is 1.04 bits per heavy atom. The molecule has 7 nitrogen and oxygen atoms in total. The van der Waals surface area contributed by atoms with E-state index in [1.54, 1.807) is 24.3 Å². The summed E-state index contributed by atoms with van der Waals surface area (Å²) in [6, 6.07) is 10.6. The number of carbonyl (C=O) groups excluding carboxylic acids is 2. The monoisotopic (exact) mass is 361 g/mol. The van der Waals surface area contributed by atoms with Gasteiger partial charge in [-0.05, 0) is 36.4 Å². The van der Waals surface area contributed by atoms with Crippen LogP contribution < -0.4 is 10.7 Å². The summed E-state index contributed by atoms with van der Waals surface area (Å²) < 4.78 is 0. The summed E-state index contributed by atoms with van der Waals surface area (Å²) in [5.74, 6) is -0.996. The number of carbonyl (C=O) groups is 2. The molecule has 0 bridgehead atoms. The van der Waals surface area contributed by atoms with Crippen LogP contribution >= 0.6 is 11.6 Å². The van der Waals surface area contributed by atoms with Gasteiger partial charge in [0.1, 0.15) is 11.5 Å². The standard InChI is InChI=1S/C17H16ClN3O4/c18-12-2-4-13(5-3-12)20-16(24)7-8-17(25)21-19-10-11-1-6-14(22)9-15(11)23/h1-6,9-10,22-23H,7-8H2,(H,20,24)(H,21,25). The number of anilines is 1. The van der Waals surface area contributed by atoms with E-state index in [1.807, 2.05) is 0 Å². The van der Waals surface area contributed by atoms with Gasteiger partial charge in [0.25, 0.3) is 0 Å². The van der Waals surface area contributed by atoms with Crippen LogP contribution in [-0.4, -0.2) is 28.2 Å². The lowest BCUT2D eigenvalue weighted by Crippen LogP contribution is -2.20. The number of benzene rings is 2. The number of halogens is 1. The molecule has 0 unspecified atom stereocenters. The summed E-state index contributed by atoms with van der Waals surface area (Å²) in [5, 5.41) is 25.6. The number of hydrazone groups is 1. The summed E-state index contributed by atoms with van der Waals surface area (Å²) >= 11 is 5.75. The molecule has 2 rings (SSSR count). The van der Waals surface area contributed by atoms with Crippen molar-refractivity contribution in [3.05, 3.63) is 53.1 Å². The minimum atomic E-state index is -0.444. The van der Waals surface area contributed by atoms with Gasteiger partial charge in [-0.25, -0.2) is 5.43 Å². The van der Waals surface area contributed by atoms with Gasteiger partial charge in [0, 0.05) is 35.2 Å². The van der Waals surface area contributed by atoms with E-state index in [1.165, 1.54) is 18.3 Å². The van der Waals surface area contributed by atoms with Gasteiger partial charge in [-0.1, -0.05) is 11.6 Å². The third kappa shape index (κ3) is 6.15. The first-order chi connectivity index (χ1) is 11.9. The van der Waals surface area contributed by atoms with E-state index in [-0.39, 0.29) is 30.2 Å². The minimum absolute atomic E-state index is 0.00552. The largest absolute Gasteiger partial charge is 0.508 e. The van der Waals surface area contributed by atoms with E-state index in [4.69, 9.17) is 11.6 Å². The van der Waals surface area contributed by atoms with Crippen LogP contribution in [0.3, 0.4) is 0 Å². The molecule has 0 aromatic heterocycles. The van der Waals surface area contributed by atoms with Crippen LogP contribution in [0.4, 0.5) is 5.69 Å². The lowest BCUT2D eigenvalue weighted by molar-refractivity contribution is -0.124. The first-order valence-electron chi connectivity index (χ1n) is 7.33. The van der Waals surface area contributed by atoms with Gasteiger partial charge in [0.2, 0.25) is 11.8 Å². The van der Waals surface area contributed by atoms with Gasteiger partial charge in [0.05, 0.1) is 6.21 Å². The zero-order valence-electron chi connectivity index (χ0n) is 13.1. The summed E-state index contributed by atoms with van der Waals surface area (Å²) in [6.07, 6.45) is 1.19. The molecule has 0 heterocycles. The molecule has 130 valence electrons. The first-order valence-corrected chi connectivity index (χ1v) is 7.71. The third-order valence-corrected chi connectivity index (χ3v) is 3.37. The Kier molecular flexibility index (Phi) is 6.36. The van der Waals surface area contributed by atoms with E-state index in [2.05, 4.69) is 15.8 Å². The summed E-state index contributed by atoms with van der Waals surface area (Å²) in [6.45, 7) is 0. The topological polar surface area (TPSA) is 111 Å². The SMILES string of the molecule is O=C(CCC(=O)Nc1ccc(Cl)cc1)NN=Cc1ccc(O)cc1O. The summed E-state index contributed by atoms with van der Waals surface area (Å²) in [7, 11) is 0. The molecule has 0 aliphatic heterocycles. The van der Waals surface area contributed by atoms with Gasteiger partial charge in [-0.2, -0.15) is 5.10 Å². The molecule has 0 aliphatic carbocycles. The molecule has 4 N–H and O–H groups in total. The fourth-order valence-corrected chi connectivity index (χ4v) is 1.98. The van der Waals surface area contributed by atoms with Crippen LogP contribution in [0.1, 0.15) is 18.4 Å². The molecular weight excluding hydrogens is 346 g/mol. The number of amides is 2. The highest BCUT2D eigenvalue weighted by Gasteiger charge is 2.07. The Labute approximate surface area is 148 Å². The number of phenolic OH excluding ortho intramolecular Hbond substituents is 2. The molecule has 0 aliphatic rings. The average molecular weight is 362 g/mol. The van der Waals surface area contributed by atoms with Crippen molar-refractivity contribution in [3.63, 3.8) is 0 Å². The Morgan fingerprint density at radius 2 is 1.72 bits per heavy atom. The molecule has 0 saturated carbocycles. The molecular formula is C17H16ClN3O4. The van der Waals surface area contributed by atoms with Crippen LogP contribution in [0.2, 0.25) is 5.02 Å². The maximum Gasteiger partial charge on any atom is 0.240 e. The van der Waals surface area contributed by atoms with Crippen molar-refractivity contribution in [3.8, 4) is 11.5 Å². The molecule has 8 heteroatoms. The number of hydrogen-bond donors (Lipinski definition) is 4. The number of phenols is 2. The predicted molar refractivity (Wildman–Crippen MR) is 94.8 cm³/mol. The fourth-order valence-electron chi connectivity index (χ4n) is 1.85.